The van der Waals surface area contributed by atoms with Crippen LogP contribution in [-0.4, -0.2) is 41.3 Å². The van der Waals surface area contributed by atoms with Gasteiger partial charge in [-0.15, -0.1) is 0 Å². The summed E-state index contributed by atoms with van der Waals surface area (Å²) in [5, 5.41) is 8.28. The molecule has 1 saturated carbocycles. The van der Waals surface area contributed by atoms with Gasteiger partial charge >= 0.3 is 0 Å². The van der Waals surface area contributed by atoms with Crippen molar-refractivity contribution in [1.82, 2.24) is 0 Å². The molecule has 0 aromatic carbocycles. The standard InChI is InChI=1S/C5H10O.Na/c6-4-3-5-1-2-5;/h5-6H,1-4H2;. The first-order valence-corrected chi connectivity index (χ1v) is 2.54. The van der Waals surface area contributed by atoms with Crippen LogP contribution in [-0.2, 0) is 0 Å². The van der Waals surface area contributed by atoms with E-state index < -0.39 is 0 Å². The fourth-order valence-corrected chi connectivity index (χ4v) is 0.589. The quantitative estimate of drug-likeness (QED) is 0.509. The Labute approximate surface area is 66.4 Å². The molecular weight excluding hydrogens is 99.0 g/mol. The van der Waals surface area contributed by atoms with E-state index in [1.54, 1.807) is 0 Å². The summed E-state index contributed by atoms with van der Waals surface area (Å²) in [6.45, 7) is 0.394. The molecule has 0 heterocycles. The number of hydrogen-bond donors (Lipinski definition) is 1. The van der Waals surface area contributed by atoms with Crippen molar-refractivity contribution >= 4 is 29.6 Å². The minimum atomic E-state index is 0. The first-order chi connectivity index (χ1) is 2.93. The summed E-state index contributed by atoms with van der Waals surface area (Å²) in [5.41, 5.74) is 0. The van der Waals surface area contributed by atoms with Crippen molar-refractivity contribution in [2.75, 3.05) is 6.61 Å². The van der Waals surface area contributed by atoms with Gasteiger partial charge in [-0.05, 0) is 12.3 Å². The molecule has 1 fully saturated rings. The predicted octanol–water partition coefficient (Wildman–Crippen LogP) is 0.398. The minimum Gasteiger partial charge on any atom is -0.396 e. The van der Waals surface area contributed by atoms with Crippen molar-refractivity contribution < 1.29 is 5.11 Å². The average Bonchev–Trinajstić information content (AvgIpc) is 2.21. The van der Waals surface area contributed by atoms with Gasteiger partial charge in [-0.3, -0.25) is 0 Å². The van der Waals surface area contributed by atoms with Crippen LogP contribution in [0.4, 0.5) is 0 Å². The molecule has 0 atom stereocenters. The summed E-state index contributed by atoms with van der Waals surface area (Å²) in [4.78, 5) is 0. The van der Waals surface area contributed by atoms with Crippen molar-refractivity contribution in [3.05, 3.63) is 0 Å². The third kappa shape index (κ3) is 3.53. The van der Waals surface area contributed by atoms with Crippen molar-refractivity contribution in [3.63, 3.8) is 0 Å². The summed E-state index contributed by atoms with van der Waals surface area (Å²) >= 11 is 0. The predicted molar refractivity (Wildman–Crippen MR) is 30.2 cm³/mol. The molecule has 0 aromatic rings. The van der Waals surface area contributed by atoms with Crippen LogP contribution in [0, 0.1) is 5.92 Å². The molecule has 7 heavy (non-hydrogen) atoms. The van der Waals surface area contributed by atoms with Crippen LogP contribution >= 0.6 is 0 Å². The zero-order valence-electron chi connectivity index (χ0n) is 4.85. The Morgan fingerprint density at radius 1 is 1.43 bits per heavy atom. The van der Waals surface area contributed by atoms with Crippen LogP contribution < -0.4 is 0 Å². The monoisotopic (exact) mass is 109 g/mol. The second-order valence-electron chi connectivity index (χ2n) is 1.96. The van der Waals surface area contributed by atoms with Crippen molar-refractivity contribution in [3.8, 4) is 0 Å². The first-order valence-electron chi connectivity index (χ1n) is 2.54. The Morgan fingerprint density at radius 2 is 2.00 bits per heavy atom. The largest absolute Gasteiger partial charge is 0.396 e. The molecule has 1 N–H and O–H groups in total. The van der Waals surface area contributed by atoms with Crippen LogP contribution in [0.2, 0.25) is 0 Å². The van der Waals surface area contributed by atoms with Gasteiger partial charge in [0.2, 0.25) is 0 Å². The summed E-state index contributed by atoms with van der Waals surface area (Å²) in [6.07, 6.45) is 3.76. The fourth-order valence-electron chi connectivity index (χ4n) is 0.589. The third-order valence-electron chi connectivity index (χ3n) is 1.23. The maximum Gasteiger partial charge on any atom is 0.0433 e. The Bertz CT molecular complexity index is 43.3. The van der Waals surface area contributed by atoms with Gasteiger partial charge in [0.1, 0.15) is 0 Å². The van der Waals surface area contributed by atoms with Crippen molar-refractivity contribution in [1.29, 1.82) is 0 Å². The van der Waals surface area contributed by atoms with Crippen LogP contribution in [0.5, 0.6) is 0 Å². The Kier molecular flexibility index (Phi) is 4.44. The number of rotatable bonds is 2. The number of hydrogen-bond acceptors (Lipinski definition) is 1. The van der Waals surface area contributed by atoms with E-state index in [4.69, 9.17) is 5.11 Å². The fraction of sp³-hybridized carbons (Fsp3) is 1.00. The molecule has 1 aliphatic rings. The van der Waals surface area contributed by atoms with Gasteiger partial charge in [-0.2, -0.15) is 0 Å². The Hall–Kier alpha value is 0.960. The van der Waals surface area contributed by atoms with Gasteiger partial charge in [-0.25, -0.2) is 0 Å². The van der Waals surface area contributed by atoms with E-state index in [1.165, 1.54) is 12.8 Å². The van der Waals surface area contributed by atoms with Crippen LogP contribution in [0.3, 0.4) is 0 Å². The molecule has 1 nitrogen and oxygen atoms in total. The molecule has 1 radical (unpaired) electrons. The number of aliphatic hydroxyl groups is 1. The molecule has 0 saturated heterocycles. The first kappa shape index (κ1) is 7.96. The van der Waals surface area contributed by atoms with Gasteiger partial charge in [0, 0.05) is 36.2 Å². The molecule has 37 valence electrons. The van der Waals surface area contributed by atoms with Gasteiger partial charge in [0.05, 0.1) is 0 Å². The molecule has 0 bridgehead atoms. The normalized spacial score (nSPS) is 18.4. The molecular formula is C5H10NaO. The molecule has 0 unspecified atom stereocenters. The molecule has 1 aliphatic carbocycles. The van der Waals surface area contributed by atoms with Gasteiger partial charge < -0.3 is 5.11 Å². The topological polar surface area (TPSA) is 20.2 Å². The minimum absolute atomic E-state index is 0. The van der Waals surface area contributed by atoms with E-state index >= 15 is 0 Å². The van der Waals surface area contributed by atoms with Crippen molar-refractivity contribution in [2.45, 2.75) is 19.3 Å². The van der Waals surface area contributed by atoms with E-state index in [1.807, 2.05) is 0 Å². The maximum absolute atomic E-state index is 8.28. The summed E-state index contributed by atoms with van der Waals surface area (Å²) in [5.74, 6) is 0.898. The van der Waals surface area contributed by atoms with Crippen LogP contribution in [0.1, 0.15) is 19.3 Å². The summed E-state index contributed by atoms with van der Waals surface area (Å²) < 4.78 is 0. The van der Waals surface area contributed by atoms with E-state index in [-0.39, 0.29) is 29.6 Å². The molecule has 0 amide bonds. The zero-order valence-corrected chi connectivity index (χ0v) is 6.85. The molecule has 0 spiro atoms. The molecule has 2 heteroatoms. The van der Waals surface area contributed by atoms with E-state index in [0.717, 1.165) is 12.3 Å². The van der Waals surface area contributed by atoms with E-state index in [0.29, 0.717) is 6.61 Å². The van der Waals surface area contributed by atoms with Gasteiger partial charge in [0.15, 0.2) is 0 Å². The summed E-state index contributed by atoms with van der Waals surface area (Å²) in [7, 11) is 0. The second-order valence-corrected chi connectivity index (χ2v) is 1.96. The SMILES string of the molecule is OCCC1CC1.[Na]. The third-order valence-corrected chi connectivity index (χ3v) is 1.23. The zero-order chi connectivity index (χ0) is 4.41. The smallest absolute Gasteiger partial charge is 0.0433 e. The van der Waals surface area contributed by atoms with Crippen molar-refractivity contribution in [2.24, 2.45) is 5.92 Å². The molecule has 1 rings (SSSR count). The van der Waals surface area contributed by atoms with Gasteiger partial charge in [-0.1, -0.05) is 12.8 Å². The Morgan fingerprint density at radius 3 is 2.14 bits per heavy atom. The second kappa shape index (κ2) is 3.90. The molecule has 0 aromatic heterocycles. The summed E-state index contributed by atoms with van der Waals surface area (Å²) in [6, 6.07) is 0. The van der Waals surface area contributed by atoms with E-state index in [9.17, 15) is 0 Å². The average molecular weight is 109 g/mol. The van der Waals surface area contributed by atoms with Gasteiger partial charge in [0.25, 0.3) is 0 Å². The maximum atomic E-state index is 8.28. The molecule has 0 aliphatic heterocycles. The Balaban J connectivity index is 0.000000360. The van der Waals surface area contributed by atoms with E-state index in [2.05, 4.69) is 0 Å². The van der Waals surface area contributed by atoms with Crippen LogP contribution in [0.25, 0.3) is 0 Å². The number of aliphatic hydroxyl groups excluding tert-OH is 1. The van der Waals surface area contributed by atoms with Crippen LogP contribution in [0.15, 0.2) is 0 Å².